The largest absolute Gasteiger partial charge is 0.497 e. The molecule has 2 aromatic heterocycles. The van der Waals surface area contributed by atoms with E-state index in [4.69, 9.17) is 13.9 Å². The Bertz CT molecular complexity index is 1550. The molecule has 3 aromatic carbocycles. The smallest absolute Gasteiger partial charge is 0.257 e. The summed E-state index contributed by atoms with van der Waals surface area (Å²) < 4.78 is 16.5. The van der Waals surface area contributed by atoms with E-state index < -0.39 is 0 Å². The number of nitrogens with one attached hydrogen (secondary N) is 2. The Morgan fingerprint density at radius 2 is 1.80 bits per heavy atom. The number of aromatic amines is 1. The summed E-state index contributed by atoms with van der Waals surface area (Å²) in [5, 5.41) is 4.47. The maximum atomic E-state index is 13.0. The molecule has 1 amide bonds. The van der Waals surface area contributed by atoms with Gasteiger partial charge in [-0.25, -0.2) is 0 Å². The number of fused-ring (bicyclic) bond motifs is 2. The Hall–Kier alpha value is -4.52. The van der Waals surface area contributed by atoms with Crippen molar-refractivity contribution in [3.8, 4) is 22.6 Å². The van der Waals surface area contributed by atoms with Crippen LogP contribution in [0.15, 0.2) is 88.4 Å². The zero-order valence-electron chi connectivity index (χ0n) is 19.2. The van der Waals surface area contributed by atoms with Crippen molar-refractivity contribution in [3.63, 3.8) is 0 Å². The minimum Gasteiger partial charge on any atom is -0.497 e. The van der Waals surface area contributed by atoms with Crippen LogP contribution in [0.3, 0.4) is 0 Å². The maximum absolute atomic E-state index is 13.0. The number of ether oxygens (including phenoxy) is 2. The van der Waals surface area contributed by atoms with Gasteiger partial charge in [-0.3, -0.25) is 9.59 Å². The molecule has 2 heterocycles. The second kappa shape index (κ2) is 9.77. The third-order valence-electron chi connectivity index (χ3n) is 5.91. The molecular weight excluding hydrogens is 444 g/mol. The van der Waals surface area contributed by atoms with Crippen molar-refractivity contribution in [1.29, 1.82) is 0 Å². The first kappa shape index (κ1) is 22.3. The van der Waals surface area contributed by atoms with Crippen LogP contribution in [0.2, 0.25) is 0 Å². The summed E-state index contributed by atoms with van der Waals surface area (Å²) in [6.45, 7) is 0.373. The highest BCUT2D eigenvalue weighted by Crippen LogP contribution is 2.24. The Morgan fingerprint density at radius 1 is 1.00 bits per heavy atom. The first-order valence-electron chi connectivity index (χ1n) is 11.3. The van der Waals surface area contributed by atoms with Crippen LogP contribution in [0, 0.1) is 0 Å². The molecule has 0 aliphatic rings. The summed E-state index contributed by atoms with van der Waals surface area (Å²) in [6.07, 6.45) is 4.12. The molecule has 0 saturated carbocycles. The molecule has 0 aliphatic carbocycles. The molecule has 0 atom stereocenters. The molecule has 0 radical (unpaired) electrons. The van der Waals surface area contributed by atoms with E-state index in [1.54, 1.807) is 37.4 Å². The monoisotopic (exact) mass is 468 g/mol. The van der Waals surface area contributed by atoms with E-state index in [-0.39, 0.29) is 17.9 Å². The van der Waals surface area contributed by atoms with Gasteiger partial charge in [-0.1, -0.05) is 30.3 Å². The molecule has 0 spiro atoms. The van der Waals surface area contributed by atoms with Gasteiger partial charge in [0.2, 0.25) is 0 Å². The van der Waals surface area contributed by atoms with Crippen molar-refractivity contribution < 1.29 is 18.7 Å². The van der Waals surface area contributed by atoms with Crippen LogP contribution in [0.4, 0.5) is 0 Å². The van der Waals surface area contributed by atoms with Gasteiger partial charge in [0, 0.05) is 29.7 Å². The second-order valence-corrected chi connectivity index (χ2v) is 8.11. The van der Waals surface area contributed by atoms with Gasteiger partial charge in [-0.2, -0.15) is 0 Å². The van der Waals surface area contributed by atoms with E-state index in [2.05, 4.69) is 16.4 Å². The molecule has 0 fully saturated rings. The Labute approximate surface area is 201 Å². The molecule has 0 unspecified atom stereocenters. The van der Waals surface area contributed by atoms with Crippen molar-refractivity contribution >= 4 is 27.8 Å². The zero-order chi connectivity index (χ0) is 24.2. The number of carbonyl (C=O) groups excluding carboxylic acids is 1. The number of rotatable bonds is 8. The van der Waals surface area contributed by atoms with Gasteiger partial charge in [0.25, 0.3) is 5.91 Å². The van der Waals surface area contributed by atoms with E-state index in [1.165, 1.54) is 6.26 Å². The molecular formula is C28H24N2O5. The molecule has 35 heavy (non-hydrogen) atoms. The number of hydrogen-bond donors (Lipinski definition) is 2. The third kappa shape index (κ3) is 4.75. The van der Waals surface area contributed by atoms with Crippen LogP contribution in [0.25, 0.3) is 33.0 Å². The number of benzene rings is 3. The van der Waals surface area contributed by atoms with Crippen LogP contribution < -0.4 is 20.2 Å². The fourth-order valence-corrected chi connectivity index (χ4v) is 4.04. The fourth-order valence-electron chi connectivity index (χ4n) is 4.04. The summed E-state index contributed by atoms with van der Waals surface area (Å²) in [6, 6.07) is 20.2. The minimum atomic E-state index is -0.221. The summed E-state index contributed by atoms with van der Waals surface area (Å²) in [5.41, 5.74) is 3.69. The normalized spacial score (nSPS) is 11.0. The Morgan fingerprint density at radius 3 is 2.63 bits per heavy atom. The predicted molar refractivity (Wildman–Crippen MR) is 135 cm³/mol. The zero-order valence-corrected chi connectivity index (χ0v) is 19.2. The summed E-state index contributed by atoms with van der Waals surface area (Å²) in [5.74, 6) is 0.939. The molecule has 5 aromatic rings. The number of carbonyl (C=O) groups is 1. The van der Waals surface area contributed by atoms with Crippen molar-refractivity contribution in [1.82, 2.24) is 10.3 Å². The van der Waals surface area contributed by atoms with E-state index in [0.717, 1.165) is 22.0 Å². The predicted octanol–water partition coefficient (Wildman–Crippen LogP) is 4.69. The molecule has 5 rings (SSSR count). The molecule has 0 bridgehead atoms. The van der Waals surface area contributed by atoms with Crippen LogP contribution in [-0.2, 0) is 11.2 Å². The molecule has 176 valence electrons. The number of hydrogen-bond acceptors (Lipinski definition) is 5. The second-order valence-electron chi connectivity index (χ2n) is 8.11. The highest BCUT2D eigenvalue weighted by atomic mass is 16.5. The van der Waals surface area contributed by atoms with E-state index in [9.17, 15) is 9.59 Å². The summed E-state index contributed by atoms with van der Waals surface area (Å²) >= 11 is 0. The van der Waals surface area contributed by atoms with E-state index >= 15 is 0 Å². The molecule has 0 aliphatic heterocycles. The van der Waals surface area contributed by atoms with Gasteiger partial charge in [0.1, 0.15) is 23.3 Å². The van der Waals surface area contributed by atoms with Gasteiger partial charge in [0.15, 0.2) is 12.0 Å². The lowest BCUT2D eigenvalue weighted by molar-refractivity contribution is -0.123. The van der Waals surface area contributed by atoms with Crippen LogP contribution in [-0.4, -0.2) is 31.2 Å². The van der Waals surface area contributed by atoms with Crippen LogP contribution in [0.5, 0.6) is 11.5 Å². The van der Waals surface area contributed by atoms with E-state index in [0.29, 0.717) is 41.0 Å². The van der Waals surface area contributed by atoms with Crippen LogP contribution >= 0.6 is 0 Å². The standard InChI is InChI=1S/C28H24N2O5/c1-33-20-8-6-18(7-9-20)24-16-35-26-14-21(10-11-23(26)28(24)32)34-17-27(31)29-13-12-19-15-30-25-5-3-2-4-22(19)25/h2-11,14-16,30H,12-13,17H2,1H3,(H,29,31). The van der Waals surface area contributed by atoms with Gasteiger partial charge in [-0.15, -0.1) is 0 Å². The first-order chi connectivity index (χ1) is 17.1. The number of methoxy groups -OCH3 is 1. The quantitative estimate of drug-likeness (QED) is 0.345. The first-order valence-corrected chi connectivity index (χ1v) is 11.3. The fraction of sp³-hybridized carbons (Fsp3) is 0.143. The number of amides is 1. The molecule has 0 saturated heterocycles. The lowest BCUT2D eigenvalue weighted by atomic mass is 10.1. The number of para-hydroxylation sites is 1. The van der Waals surface area contributed by atoms with Gasteiger partial charge >= 0.3 is 0 Å². The van der Waals surface area contributed by atoms with Crippen molar-refractivity contribution in [2.75, 3.05) is 20.3 Å². The topological polar surface area (TPSA) is 93.6 Å². The van der Waals surface area contributed by atoms with Gasteiger partial charge in [0.05, 0.1) is 18.1 Å². The summed E-state index contributed by atoms with van der Waals surface area (Å²) in [4.78, 5) is 28.4. The van der Waals surface area contributed by atoms with Crippen molar-refractivity contribution in [2.45, 2.75) is 6.42 Å². The van der Waals surface area contributed by atoms with Crippen molar-refractivity contribution in [2.24, 2.45) is 0 Å². The van der Waals surface area contributed by atoms with Gasteiger partial charge in [-0.05, 0) is 47.9 Å². The van der Waals surface area contributed by atoms with Crippen molar-refractivity contribution in [3.05, 3.63) is 95.0 Å². The third-order valence-corrected chi connectivity index (χ3v) is 5.91. The van der Waals surface area contributed by atoms with Crippen LogP contribution in [0.1, 0.15) is 5.56 Å². The van der Waals surface area contributed by atoms with Gasteiger partial charge < -0.3 is 24.2 Å². The highest BCUT2D eigenvalue weighted by molar-refractivity contribution is 5.84. The SMILES string of the molecule is COc1ccc(-c2coc3cc(OCC(=O)NCCc4c[nH]c5ccccc45)ccc3c2=O)cc1. The lowest BCUT2D eigenvalue weighted by Crippen LogP contribution is -2.30. The highest BCUT2D eigenvalue weighted by Gasteiger charge is 2.11. The maximum Gasteiger partial charge on any atom is 0.257 e. The lowest BCUT2D eigenvalue weighted by Gasteiger charge is -2.09. The number of H-pyrrole nitrogens is 1. The molecule has 7 heteroatoms. The Kier molecular flexibility index (Phi) is 6.22. The molecule has 2 N–H and O–H groups in total. The average Bonchev–Trinajstić information content (AvgIpc) is 3.31. The molecule has 7 nitrogen and oxygen atoms in total. The average molecular weight is 469 g/mol. The summed E-state index contributed by atoms with van der Waals surface area (Å²) in [7, 11) is 1.59. The minimum absolute atomic E-state index is 0.131. The Balaban J connectivity index is 1.20. The van der Waals surface area contributed by atoms with E-state index in [1.807, 2.05) is 36.5 Å². The number of aromatic nitrogens is 1.